The molecule has 0 saturated carbocycles. The summed E-state index contributed by atoms with van der Waals surface area (Å²) in [5, 5.41) is 13.4. The standard InChI is InChI=1S/C7H5BClNO2/c9-6-1-2-7-5(3-6)4-10-12-8(7)11/h1-4,11H. The second kappa shape index (κ2) is 2.81. The maximum atomic E-state index is 9.27. The van der Waals surface area contributed by atoms with Crippen molar-refractivity contribution in [2.75, 3.05) is 0 Å². The topological polar surface area (TPSA) is 41.8 Å². The van der Waals surface area contributed by atoms with Crippen molar-refractivity contribution in [1.82, 2.24) is 0 Å². The van der Waals surface area contributed by atoms with Crippen molar-refractivity contribution in [3.8, 4) is 0 Å². The summed E-state index contributed by atoms with van der Waals surface area (Å²) in [6, 6.07) is 5.14. The average molecular weight is 181 g/mol. The van der Waals surface area contributed by atoms with E-state index in [1.165, 1.54) is 6.21 Å². The predicted octanol–water partition coefficient (Wildman–Crippen LogP) is 0.392. The van der Waals surface area contributed by atoms with Gasteiger partial charge in [0, 0.05) is 10.5 Å². The molecule has 1 aromatic rings. The second-order valence-electron chi connectivity index (χ2n) is 2.47. The Morgan fingerprint density at radius 2 is 2.33 bits per heavy atom. The monoisotopic (exact) mass is 181 g/mol. The molecule has 12 heavy (non-hydrogen) atoms. The SMILES string of the molecule is OB1ON=Cc2cc(Cl)ccc21. The molecule has 0 radical (unpaired) electrons. The Kier molecular flexibility index (Phi) is 1.79. The van der Waals surface area contributed by atoms with Crippen LogP contribution in [-0.2, 0) is 4.76 Å². The normalized spacial score (nSPS) is 14.0. The number of halogens is 1. The lowest BCUT2D eigenvalue weighted by Crippen LogP contribution is -2.37. The van der Waals surface area contributed by atoms with Gasteiger partial charge in [0.05, 0.1) is 6.21 Å². The van der Waals surface area contributed by atoms with Gasteiger partial charge in [-0.15, -0.1) is 5.16 Å². The molecule has 2 rings (SSSR count). The van der Waals surface area contributed by atoms with Gasteiger partial charge in [0.2, 0.25) is 0 Å². The fraction of sp³-hybridized carbons (Fsp3) is 0. The van der Waals surface area contributed by atoms with Gasteiger partial charge in [0.25, 0.3) is 0 Å². The molecule has 0 spiro atoms. The molecule has 1 aliphatic heterocycles. The molecule has 1 heterocycles. The number of nitrogens with zero attached hydrogens (tertiary/aromatic N) is 1. The first-order valence-electron chi connectivity index (χ1n) is 3.44. The van der Waals surface area contributed by atoms with Crippen molar-refractivity contribution in [2.45, 2.75) is 0 Å². The molecule has 0 atom stereocenters. The van der Waals surface area contributed by atoms with Crippen molar-refractivity contribution in [2.24, 2.45) is 5.16 Å². The van der Waals surface area contributed by atoms with Crippen LogP contribution in [0, 0.1) is 0 Å². The fourth-order valence-electron chi connectivity index (χ4n) is 1.08. The summed E-state index contributed by atoms with van der Waals surface area (Å²) in [6.07, 6.45) is 1.52. The summed E-state index contributed by atoms with van der Waals surface area (Å²) in [7, 11) is -0.970. The van der Waals surface area contributed by atoms with Crippen LogP contribution < -0.4 is 5.46 Å². The van der Waals surface area contributed by atoms with E-state index in [1.54, 1.807) is 18.2 Å². The van der Waals surface area contributed by atoms with E-state index in [-0.39, 0.29) is 0 Å². The highest BCUT2D eigenvalue weighted by Gasteiger charge is 2.24. The third-order valence-corrected chi connectivity index (χ3v) is 1.90. The molecule has 0 saturated heterocycles. The summed E-state index contributed by atoms with van der Waals surface area (Å²) < 4.78 is 4.63. The Morgan fingerprint density at radius 3 is 3.17 bits per heavy atom. The summed E-state index contributed by atoms with van der Waals surface area (Å²) >= 11 is 5.74. The highest BCUT2D eigenvalue weighted by Crippen LogP contribution is 2.10. The first kappa shape index (κ1) is 7.64. The van der Waals surface area contributed by atoms with Crippen molar-refractivity contribution >= 4 is 30.4 Å². The second-order valence-corrected chi connectivity index (χ2v) is 2.90. The summed E-state index contributed by atoms with van der Waals surface area (Å²) in [6.45, 7) is 0. The van der Waals surface area contributed by atoms with Crippen molar-refractivity contribution in [3.05, 3.63) is 28.8 Å². The van der Waals surface area contributed by atoms with Crippen molar-refractivity contribution in [3.63, 3.8) is 0 Å². The number of fused-ring (bicyclic) bond motifs is 1. The van der Waals surface area contributed by atoms with E-state index in [0.29, 0.717) is 10.5 Å². The molecule has 0 bridgehead atoms. The van der Waals surface area contributed by atoms with E-state index >= 15 is 0 Å². The van der Waals surface area contributed by atoms with Crippen molar-refractivity contribution in [1.29, 1.82) is 0 Å². The molecule has 1 N–H and O–H groups in total. The third-order valence-electron chi connectivity index (χ3n) is 1.67. The van der Waals surface area contributed by atoms with Crippen LogP contribution in [0.15, 0.2) is 23.4 Å². The van der Waals surface area contributed by atoms with Crippen molar-refractivity contribution < 1.29 is 9.78 Å². The van der Waals surface area contributed by atoms with Gasteiger partial charge in [0.1, 0.15) is 0 Å². The minimum absolute atomic E-state index is 0.620. The zero-order valence-electron chi connectivity index (χ0n) is 6.07. The number of rotatable bonds is 0. The quantitative estimate of drug-likeness (QED) is 0.588. The van der Waals surface area contributed by atoms with Crippen LogP contribution in [0.2, 0.25) is 5.02 Å². The molecule has 1 aliphatic rings. The van der Waals surface area contributed by atoms with Gasteiger partial charge in [-0.2, -0.15) is 0 Å². The number of oxime groups is 1. The van der Waals surface area contributed by atoms with Crippen LogP contribution in [-0.4, -0.2) is 18.4 Å². The lowest BCUT2D eigenvalue weighted by Gasteiger charge is -2.11. The summed E-state index contributed by atoms with van der Waals surface area (Å²) in [5.41, 5.74) is 1.48. The molecular weight excluding hydrogens is 176 g/mol. The maximum Gasteiger partial charge on any atom is 0.583 e. The van der Waals surface area contributed by atoms with Crippen LogP contribution in [0.1, 0.15) is 5.56 Å². The number of benzene rings is 1. The third kappa shape index (κ3) is 1.19. The van der Waals surface area contributed by atoms with Crippen LogP contribution in [0.3, 0.4) is 0 Å². The summed E-state index contributed by atoms with van der Waals surface area (Å²) in [5.74, 6) is 0. The molecule has 0 aromatic heterocycles. The van der Waals surface area contributed by atoms with Gasteiger partial charge in [-0.25, -0.2) is 0 Å². The molecular formula is C7H5BClNO2. The van der Waals surface area contributed by atoms with Gasteiger partial charge in [-0.05, 0) is 17.7 Å². The van der Waals surface area contributed by atoms with E-state index in [4.69, 9.17) is 11.6 Å². The van der Waals surface area contributed by atoms with Gasteiger partial charge in [0.15, 0.2) is 0 Å². The molecule has 5 heteroatoms. The minimum Gasteiger partial charge on any atom is -0.427 e. The van der Waals surface area contributed by atoms with Crippen LogP contribution in [0.25, 0.3) is 0 Å². The van der Waals surface area contributed by atoms with Gasteiger partial charge in [-0.3, -0.25) is 0 Å². The molecule has 0 fully saturated rings. The Hall–Kier alpha value is -0.995. The first-order chi connectivity index (χ1) is 5.77. The van der Waals surface area contributed by atoms with E-state index in [0.717, 1.165) is 5.56 Å². The highest BCUT2D eigenvalue weighted by molar-refractivity contribution is 6.62. The Labute approximate surface area is 74.7 Å². The zero-order chi connectivity index (χ0) is 8.55. The number of hydrogen-bond donors (Lipinski definition) is 1. The predicted molar refractivity (Wildman–Crippen MR) is 47.7 cm³/mol. The average Bonchev–Trinajstić information content (AvgIpc) is 2.04. The molecule has 0 unspecified atom stereocenters. The summed E-state index contributed by atoms with van der Waals surface area (Å²) in [4.78, 5) is 0. The fourth-order valence-corrected chi connectivity index (χ4v) is 1.26. The largest absolute Gasteiger partial charge is 0.583 e. The minimum atomic E-state index is -0.970. The van der Waals surface area contributed by atoms with Crippen LogP contribution >= 0.6 is 11.6 Å². The van der Waals surface area contributed by atoms with Crippen LogP contribution in [0.4, 0.5) is 0 Å². The highest BCUT2D eigenvalue weighted by atomic mass is 35.5. The lowest BCUT2D eigenvalue weighted by molar-refractivity contribution is 0.286. The number of hydrogen-bond acceptors (Lipinski definition) is 3. The van der Waals surface area contributed by atoms with E-state index in [9.17, 15) is 5.02 Å². The molecule has 0 aliphatic carbocycles. The lowest BCUT2D eigenvalue weighted by atomic mass is 9.76. The van der Waals surface area contributed by atoms with Gasteiger partial charge in [-0.1, -0.05) is 17.7 Å². The van der Waals surface area contributed by atoms with Crippen LogP contribution in [0.5, 0.6) is 0 Å². The Bertz CT molecular complexity index is 342. The maximum absolute atomic E-state index is 9.27. The molecule has 3 nitrogen and oxygen atoms in total. The van der Waals surface area contributed by atoms with E-state index in [2.05, 4.69) is 9.91 Å². The molecule has 60 valence electrons. The van der Waals surface area contributed by atoms with Gasteiger partial charge < -0.3 is 9.78 Å². The zero-order valence-corrected chi connectivity index (χ0v) is 6.82. The molecule has 0 amide bonds. The van der Waals surface area contributed by atoms with Gasteiger partial charge >= 0.3 is 7.12 Å². The van der Waals surface area contributed by atoms with E-state index in [1.807, 2.05) is 0 Å². The smallest absolute Gasteiger partial charge is 0.427 e. The Balaban J connectivity index is 2.55. The molecule has 1 aromatic carbocycles. The Morgan fingerprint density at radius 1 is 1.50 bits per heavy atom. The van der Waals surface area contributed by atoms with E-state index < -0.39 is 7.12 Å². The first-order valence-corrected chi connectivity index (χ1v) is 3.82.